The number of rotatable bonds is 4. The monoisotopic (exact) mass is 233 g/mol. The topological polar surface area (TPSA) is 30.2 Å². The Hall–Kier alpha value is -1.29. The lowest BCUT2D eigenvalue weighted by atomic mass is 10.3. The maximum atomic E-state index is 4.52. The molecule has 0 fully saturated rings. The Bertz CT molecular complexity index is 502. The van der Waals surface area contributed by atoms with Crippen molar-refractivity contribution in [2.45, 2.75) is 24.9 Å². The summed E-state index contributed by atoms with van der Waals surface area (Å²) < 4.78 is 1.91. The van der Waals surface area contributed by atoms with Crippen molar-refractivity contribution in [2.24, 2.45) is 5.10 Å². The lowest BCUT2D eigenvalue weighted by Crippen LogP contribution is -1.91. The average Bonchev–Trinajstić information content (AvgIpc) is 2.68. The van der Waals surface area contributed by atoms with E-state index in [-0.39, 0.29) is 0 Å². The molecule has 0 saturated heterocycles. The molecule has 16 heavy (non-hydrogen) atoms. The number of aromatic nitrogens is 2. The number of imidazole rings is 1. The molecule has 0 atom stereocenters. The van der Waals surface area contributed by atoms with Gasteiger partial charge >= 0.3 is 0 Å². The van der Waals surface area contributed by atoms with Crippen LogP contribution < -0.4 is 0 Å². The average molecular weight is 233 g/mol. The first-order valence-electron chi connectivity index (χ1n) is 5.41. The van der Waals surface area contributed by atoms with Crippen LogP contribution in [0.2, 0.25) is 0 Å². The highest BCUT2D eigenvalue weighted by Gasteiger charge is 2.07. The van der Waals surface area contributed by atoms with Gasteiger partial charge in [0.05, 0.1) is 11.0 Å². The molecule has 0 saturated carbocycles. The van der Waals surface area contributed by atoms with Crippen molar-refractivity contribution in [3.8, 4) is 0 Å². The van der Waals surface area contributed by atoms with Gasteiger partial charge in [0, 0.05) is 6.21 Å². The van der Waals surface area contributed by atoms with E-state index in [4.69, 9.17) is 0 Å². The van der Waals surface area contributed by atoms with Crippen LogP contribution in [0, 0.1) is 0 Å². The van der Waals surface area contributed by atoms with Gasteiger partial charge in [0.2, 0.25) is 0 Å². The number of benzene rings is 1. The van der Waals surface area contributed by atoms with Gasteiger partial charge in [0.15, 0.2) is 5.16 Å². The molecule has 0 radical (unpaired) electrons. The van der Waals surface area contributed by atoms with E-state index >= 15 is 0 Å². The third-order valence-electron chi connectivity index (χ3n) is 2.30. The van der Waals surface area contributed by atoms with E-state index in [0.717, 1.165) is 29.0 Å². The molecular weight excluding hydrogens is 218 g/mol. The van der Waals surface area contributed by atoms with Gasteiger partial charge in [-0.05, 0) is 24.8 Å². The van der Waals surface area contributed by atoms with E-state index in [1.54, 1.807) is 11.8 Å². The first-order valence-corrected chi connectivity index (χ1v) is 6.63. The second-order valence-electron chi connectivity index (χ2n) is 3.49. The summed E-state index contributed by atoms with van der Waals surface area (Å²) in [5.74, 6) is 0. The van der Waals surface area contributed by atoms with Gasteiger partial charge in [0.1, 0.15) is 0 Å². The Labute approximate surface area is 99.6 Å². The minimum absolute atomic E-state index is 0.938. The molecule has 3 nitrogen and oxygen atoms in total. The molecule has 1 heterocycles. The Morgan fingerprint density at radius 2 is 2.25 bits per heavy atom. The van der Waals surface area contributed by atoms with Crippen LogP contribution in [0.5, 0.6) is 0 Å². The highest BCUT2D eigenvalue weighted by molar-refractivity contribution is 7.98. The molecule has 0 spiro atoms. The van der Waals surface area contributed by atoms with E-state index in [2.05, 4.69) is 17.0 Å². The zero-order valence-corrected chi connectivity index (χ0v) is 10.4. The van der Waals surface area contributed by atoms with Gasteiger partial charge in [-0.15, -0.1) is 0 Å². The predicted octanol–water partition coefficient (Wildman–Crippen LogP) is 3.39. The molecule has 0 aliphatic rings. The Kier molecular flexibility index (Phi) is 3.62. The summed E-state index contributed by atoms with van der Waals surface area (Å²) in [6, 6.07) is 8.08. The smallest absolute Gasteiger partial charge is 0.189 e. The zero-order valence-electron chi connectivity index (χ0n) is 9.55. The number of thioether (sulfide) groups is 1. The van der Waals surface area contributed by atoms with Gasteiger partial charge in [-0.2, -0.15) is 5.10 Å². The maximum absolute atomic E-state index is 4.52. The Balaban J connectivity index is 2.47. The van der Waals surface area contributed by atoms with Crippen LogP contribution in [0.4, 0.5) is 0 Å². The fourth-order valence-corrected chi connectivity index (χ4v) is 2.01. The summed E-state index contributed by atoms with van der Waals surface area (Å²) in [7, 11) is 0. The lowest BCUT2D eigenvalue weighted by Gasteiger charge is -1.98. The Morgan fingerprint density at radius 1 is 1.44 bits per heavy atom. The van der Waals surface area contributed by atoms with Crippen LogP contribution in [0.25, 0.3) is 11.0 Å². The van der Waals surface area contributed by atoms with Gasteiger partial charge in [-0.1, -0.05) is 37.2 Å². The van der Waals surface area contributed by atoms with Crippen LogP contribution in [-0.4, -0.2) is 22.1 Å². The summed E-state index contributed by atoms with van der Waals surface area (Å²) in [4.78, 5) is 4.52. The molecule has 4 heteroatoms. The molecule has 2 rings (SSSR count). The second kappa shape index (κ2) is 5.16. The number of para-hydroxylation sites is 2. The summed E-state index contributed by atoms with van der Waals surface area (Å²) in [6.07, 6.45) is 6.09. The SMILES string of the molecule is CCCC=Nn1c(SC)nc2ccccc21. The number of hydrogen-bond acceptors (Lipinski definition) is 3. The predicted molar refractivity (Wildman–Crippen MR) is 70.3 cm³/mol. The fourth-order valence-electron chi connectivity index (χ4n) is 1.50. The third-order valence-corrected chi connectivity index (χ3v) is 2.93. The highest BCUT2D eigenvalue weighted by atomic mass is 32.2. The molecular formula is C12H15N3S. The van der Waals surface area contributed by atoms with Crippen LogP contribution >= 0.6 is 11.8 Å². The molecule has 2 aromatic rings. The Morgan fingerprint density at radius 3 is 3.00 bits per heavy atom. The number of fused-ring (bicyclic) bond motifs is 1. The largest absolute Gasteiger partial charge is 0.221 e. The molecule has 0 aliphatic carbocycles. The van der Waals surface area contributed by atoms with Crippen LogP contribution in [-0.2, 0) is 0 Å². The normalized spacial score (nSPS) is 11.6. The van der Waals surface area contributed by atoms with Crippen LogP contribution in [0.1, 0.15) is 19.8 Å². The molecule has 1 aromatic heterocycles. The van der Waals surface area contributed by atoms with Crippen LogP contribution in [0.3, 0.4) is 0 Å². The lowest BCUT2D eigenvalue weighted by molar-refractivity contribution is 0.787. The quantitative estimate of drug-likeness (QED) is 0.598. The first-order chi connectivity index (χ1) is 7.86. The van der Waals surface area contributed by atoms with E-state index in [9.17, 15) is 0 Å². The summed E-state index contributed by atoms with van der Waals surface area (Å²) in [5.41, 5.74) is 2.07. The highest BCUT2D eigenvalue weighted by Crippen LogP contribution is 2.21. The van der Waals surface area contributed by atoms with Gasteiger partial charge in [-0.3, -0.25) is 0 Å². The van der Waals surface area contributed by atoms with Gasteiger partial charge in [0.25, 0.3) is 0 Å². The van der Waals surface area contributed by atoms with Gasteiger partial charge < -0.3 is 0 Å². The first kappa shape index (κ1) is 11.2. The minimum Gasteiger partial charge on any atom is -0.221 e. The molecule has 84 valence electrons. The molecule has 0 unspecified atom stereocenters. The van der Waals surface area contributed by atoms with E-state index in [1.165, 1.54) is 0 Å². The standard InChI is InChI=1S/C12H15N3S/c1-3-4-9-13-15-11-8-6-5-7-10(11)14-12(15)16-2/h5-9H,3-4H2,1-2H3. The molecule has 0 bridgehead atoms. The molecule has 0 amide bonds. The van der Waals surface area contributed by atoms with Crippen molar-refractivity contribution in [2.75, 3.05) is 6.26 Å². The maximum Gasteiger partial charge on any atom is 0.189 e. The zero-order chi connectivity index (χ0) is 11.4. The third kappa shape index (κ3) is 2.11. The van der Waals surface area contributed by atoms with Crippen molar-refractivity contribution in [1.29, 1.82) is 0 Å². The van der Waals surface area contributed by atoms with Crippen molar-refractivity contribution >= 4 is 29.0 Å². The number of unbranched alkanes of at least 4 members (excludes halogenated alkanes) is 1. The number of hydrogen-bond donors (Lipinski definition) is 0. The van der Waals surface area contributed by atoms with Crippen molar-refractivity contribution in [1.82, 2.24) is 9.66 Å². The number of nitrogens with zero attached hydrogens (tertiary/aromatic N) is 3. The molecule has 0 N–H and O–H groups in total. The van der Waals surface area contributed by atoms with E-state index < -0.39 is 0 Å². The van der Waals surface area contributed by atoms with Gasteiger partial charge in [-0.25, -0.2) is 9.66 Å². The summed E-state index contributed by atoms with van der Waals surface area (Å²) in [6.45, 7) is 2.15. The summed E-state index contributed by atoms with van der Waals surface area (Å²) in [5, 5.41) is 5.40. The minimum atomic E-state index is 0.938. The van der Waals surface area contributed by atoms with E-state index in [0.29, 0.717) is 0 Å². The van der Waals surface area contributed by atoms with Crippen molar-refractivity contribution < 1.29 is 0 Å². The van der Waals surface area contributed by atoms with Crippen LogP contribution in [0.15, 0.2) is 34.5 Å². The fraction of sp³-hybridized carbons (Fsp3) is 0.333. The van der Waals surface area contributed by atoms with Crippen molar-refractivity contribution in [3.63, 3.8) is 0 Å². The second-order valence-corrected chi connectivity index (χ2v) is 4.26. The molecule has 0 aliphatic heterocycles. The van der Waals surface area contributed by atoms with Crippen molar-refractivity contribution in [3.05, 3.63) is 24.3 Å². The molecule has 1 aromatic carbocycles. The van der Waals surface area contributed by atoms with E-state index in [1.807, 2.05) is 41.4 Å². The summed E-state index contributed by atoms with van der Waals surface area (Å²) >= 11 is 1.62.